The molecule has 0 aliphatic carbocycles. The Labute approximate surface area is 76.6 Å². The van der Waals surface area contributed by atoms with Gasteiger partial charge in [0, 0.05) is 19.3 Å². The summed E-state index contributed by atoms with van der Waals surface area (Å²) in [5, 5.41) is 2.97. The third-order valence-corrected chi connectivity index (χ3v) is 2.23. The average molecular weight is 177 g/mol. The van der Waals surface area contributed by atoms with Gasteiger partial charge in [0.1, 0.15) is 11.9 Å². The highest BCUT2D eigenvalue weighted by atomic mass is 16.3. The van der Waals surface area contributed by atoms with Crippen LogP contribution in [0.5, 0.6) is 0 Å². The molecule has 1 aliphatic rings. The fourth-order valence-electron chi connectivity index (χ4n) is 1.36. The first-order chi connectivity index (χ1) is 6.29. The first-order valence-electron chi connectivity index (χ1n) is 4.29. The molecular formula is C9H11N3O. The number of rotatable bonds is 2. The zero-order valence-corrected chi connectivity index (χ0v) is 7.47. The van der Waals surface area contributed by atoms with E-state index < -0.39 is 0 Å². The Hall–Kier alpha value is -1.45. The monoisotopic (exact) mass is 177 g/mol. The van der Waals surface area contributed by atoms with Crippen LogP contribution in [0.3, 0.4) is 0 Å². The van der Waals surface area contributed by atoms with Crippen LogP contribution in [0.4, 0.5) is 5.82 Å². The van der Waals surface area contributed by atoms with Crippen LogP contribution >= 0.6 is 0 Å². The lowest BCUT2D eigenvalue weighted by Crippen LogP contribution is -2.50. The van der Waals surface area contributed by atoms with Gasteiger partial charge in [-0.3, -0.25) is 0 Å². The minimum absolute atomic E-state index is 0.0388. The fraction of sp³-hybridized carbons (Fsp3) is 0.444. The van der Waals surface area contributed by atoms with Crippen LogP contribution in [0, 0.1) is 11.8 Å². The molecule has 1 aliphatic heterocycles. The summed E-state index contributed by atoms with van der Waals surface area (Å²) in [5.74, 6) is 0.936. The molecular weight excluding hydrogens is 166 g/mol. The van der Waals surface area contributed by atoms with Gasteiger partial charge in [0.05, 0.1) is 0 Å². The second kappa shape index (κ2) is 3.12. The van der Waals surface area contributed by atoms with Crippen LogP contribution in [-0.4, -0.2) is 24.1 Å². The van der Waals surface area contributed by atoms with Gasteiger partial charge in [-0.25, -0.2) is 4.98 Å². The normalized spacial score (nSPS) is 16.8. The molecule has 4 heteroatoms. The quantitative estimate of drug-likeness (QED) is 0.640. The molecule has 1 aromatic heterocycles. The maximum absolute atomic E-state index is 10.1. The number of hydrogen-bond acceptors (Lipinski definition) is 4. The number of aryl methyl sites for hydroxylation is 1. The number of nitrogens with zero attached hydrogens (tertiary/aromatic N) is 3. The van der Waals surface area contributed by atoms with E-state index in [9.17, 15) is 4.91 Å². The van der Waals surface area contributed by atoms with Crippen molar-refractivity contribution in [1.29, 1.82) is 0 Å². The molecule has 0 unspecified atom stereocenters. The summed E-state index contributed by atoms with van der Waals surface area (Å²) in [5.41, 5.74) is 1.15. The minimum Gasteiger partial charge on any atom is -0.352 e. The van der Waals surface area contributed by atoms with Gasteiger partial charge < -0.3 is 4.90 Å². The van der Waals surface area contributed by atoms with E-state index in [4.69, 9.17) is 0 Å². The van der Waals surface area contributed by atoms with Crippen molar-refractivity contribution >= 4 is 5.82 Å². The highest BCUT2D eigenvalue weighted by molar-refractivity contribution is 5.42. The molecule has 68 valence electrons. The standard InChI is InChI=1S/C9H11N3O/c1-7-2-3-9(10-4-7)12-5-8(6-12)11-13/h2-4,8H,5-6H2,1H3. The van der Waals surface area contributed by atoms with Gasteiger partial charge in [0.25, 0.3) is 0 Å². The number of anilines is 1. The van der Waals surface area contributed by atoms with Gasteiger partial charge in [-0.2, -0.15) is 4.91 Å². The molecule has 13 heavy (non-hydrogen) atoms. The molecule has 4 nitrogen and oxygen atoms in total. The first kappa shape index (κ1) is 8.16. The zero-order chi connectivity index (χ0) is 9.26. The molecule has 2 heterocycles. The summed E-state index contributed by atoms with van der Waals surface area (Å²) in [4.78, 5) is 16.4. The summed E-state index contributed by atoms with van der Waals surface area (Å²) < 4.78 is 0. The number of pyridine rings is 1. The first-order valence-corrected chi connectivity index (χ1v) is 4.29. The molecule has 0 aromatic carbocycles. The summed E-state index contributed by atoms with van der Waals surface area (Å²) in [6.07, 6.45) is 1.83. The van der Waals surface area contributed by atoms with Crippen LogP contribution in [0.2, 0.25) is 0 Å². The number of nitroso groups, excluding NO2 is 1. The Morgan fingerprint density at radius 1 is 1.54 bits per heavy atom. The summed E-state index contributed by atoms with van der Waals surface area (Å²) in [6.45, 7) is 3.42. The van der Waals surface area contributed by atoms with Gasteiger partial charge in [-0.15, -0.1) is 0 Å². The molecule has 0 amide bonds. The van der Waals surface area contributed by atoms with Crippen molar-refractivity contribution < 1.29 is 0 Å². The van der Waals surface area contributed by atoms with Crippen molar-refractivity contribution in [2.45, 2.75) is 13.0 Å². The van der Waals surface area contributed by atoms with Gasteiger partial charge in [-0.1, -0.05) is 11.2 Å². The van der Waals surface area contributed by atoms with E-state index in [1.54, 1.807) is 0 Å². The topological polar surface area (TPSA) is 45.6 Å². The van der Waals surface area contributed by atoms with E-state index in [-0.39, 0.29) is 6.04 Å². The third-order valence-electron chi connectivity index (χ3n) is 2.23. The third kappa shape index (κ3) is 1.52. The Bertz CT molecular complexity index is 303. The highest BCUT2D eigenvalue weighted by Crippen LogP contribution is 2.19. The second-order valence-electron chi connectivity index (χ2n) is 3.36. The predicted molar refractivity (Wildman–Crippen MR) is 50.8 cm³/mol. The van der Waals surface area contributed by atoms with Crippen LogP contribution in [0.15, 0.2) is 23.5 Å². The molecule has 0 N–H and O–H groups in total. The minimum atomic E-state index is -0.0388. The average Bonchev–Trinajstić information content (AvgIpc) is 2.06. The van der Waals surface area contributed by atoms with Crippen molar-refractivity contribution in [3.05, 3.63) is 28.8 Å². The van der Waals surface area contributed by atoms with Crippen LogP contribution in [0.25, 0.3) is 0 Å². The molecule has 0 radical (unpaired) electrons. The van der Waals surface area contributed by atoms with Crippen molar-refractivity contribution in [2.24, 2.45) is 5.18 Å². The van der Waals surface area contributed by atoms with Crippen molar-refractivity contribution in [2.75, 3.05) is 18.0 Å². The van der Waals surface area contributed by atoms with E-state index in [1.807, 2.05) is 30.2 Å². The van der Waals surface area contributed by atoms with E-state index in [1.165, 1.54) is 0 Å². The van der Waals surface area contributed by atoms with Gasteiger partial charge in [0.2, 0.25) is 0 Å². The van der Waals surface area contributed by atoms with Crippen LogP contribution in [0.1, 0.15) is 5.56 Å². The lowest BCUT2D eigenvalue weighted by molar-refractivity contribution is 0.513. The maximum atomic E-state index is 10.1. The Morgan fingerprint density at radius 3 is 2.85 bits per heavy atom. The fourth-order valence-corrected chi connectivity index (χ4v) is 1.36. The maximum Gasteiger partial charge on any atom is 0.128 e. The molecule has 0 atom stereocenters. The molecule has 0 spiro atoms. The highest BCUT2D eigenvalue weighted by Gasteiger charge is 2.28. The summed E-state index contributed by atoms with van der Waals surface area (Å²) >= 11 is 0. The molecule has 1 fully saturated rings. The van der Waals surface area contributed by atoms with Crippen molar-refractivity contribution in [3.8, 4) is 0 Å². The Balaban J connectivity index is 2.03. The number of aromatic nitrogens is 1. The zero-order valence-electron chi connectivity index (χ0n) is 7.47. The second-order valence-corrected chi connectivity index (χ2v) is 3.36. The van der Waals surface area contributed by atoms with Crippen molar-refractivity contribution in [3.63, 3.8) is 0 Å². The summed E-state index contributed by atoms with van der Waals surface area (Å²) in [7, 11) is 0. The van der Waals surface area contributed by atoms with Crippen LogP contribution < -0.4 is 4.90 Å². The molecule has 0 bridgehead atoms. The van der Waals surface area contributed by atoms with E-state index >= 15 is 0 Å². The van der Waals surface area contributed by atoms with E-state index in [0.29, 0.717) is 13.1 Å². The Morgan fingerprint density at radius 2 is 2.31 bits per heavy atom. The van der Waals surface area contributed by atoms with Gasteiger partial charge in [-0.05, 0) is 18.6 Å². The largest absolute Gasteiger partial charge is 0.352 e. The lowest BCUT2D eigenvalue weighted by atomic mass is 10.1. The number of hydrogen-bond donors (Lipinski definition) is 0. The van der Waals surface area contributed by atoms with E-state index in [0.717, 1.165) is 11.4 Å². The smallest absolute Gasteiger partial charge is 0.128 e. The van der Waals surface area contributed by atoms with Crippen LogP contribution in [-0.2, 0) is 0 Å². The SMILES string of the molecule is Cc1ccc(N2CC(N=O)C2)nc1. The van der Waals surface area contributed by atoms with Gasteiger partial charge >= 0.3 is 0 Å². The molecule has 2 rings (SSSR count). The summed E-state index contributed by atoms with van der Waals surface area (Å²) in [6, 6.07) is 3.95. The van der Waals surface area contributed by atoms with Crippen molar-refractivity contribution in [1.82, 2.24) is 4.98 Å². The molecule has 1 aromatic rings. The molecule has 1 saturated heterocycles. The Kier molecular flexibility index (Phi) is 1.96. The predicted octanol–water partition coefficient (Wildman–Crippen LogP) is 1.35. The van der Waals surface area contributed by atoms with E-state index in [2.05, 4.69) is 10.2 Å². The van der Waals surface area contributed by atoms with Gasteiger partial charge in [0.15, 0.2) is 0 Å². The molecule has 0 saturated carbocycles. The lowest BCUT2D eigenvalue weighted by Gasteiger charge is -2.35.